The average Bonchev–Trinajstić information content (AvgIpc) is 2.66. The zero-order valence-electron chi connectivity index (χ0n) is 15.2. The van der Waals surface area contributed by atoms with Crippen molar-refractivity contribution in [3.63, 3.8) is 0 Å². The lowest BCUT2D eigenvalue weighted by Gasteiger charge is -2.38. The van der Waals surface area contributed by atoms with Gasteiger partial charge >= 0.3 is 0 Å². The fourth-order valence-corrected chi connectivity index (χ4v) is 4.83. The summed E-state index contributed by atoms with van der Waals surface area (Å²) < 4.78 is 59.0. The average molecular weight is 444 g/mol. The number of alkyl halides is 2. The Kier molecular flexibility index (Phi) is 4.66. The molecule has 0 atom stereocenters. The molecule has 4 rings (SSSR count). The van der Waals surface area contributed by atoms with Gasteiger partial charge in [0.2, 0.25) is 5.88 Å². The number of likely N-dealkylation sites (tertiary alicyclic amines) is 1. The van der Waals surface area contributed by atoms with Gasteiger partial charge in [-0.25, -0.2) is 22.2 Å². The number of fused-ring (bicyclic) bond motifs is 1. The van der Waals surface area contributed by atoms with Crippen molar-refractivity contribution < 1.29 is 26.7 Å². The molecule has 1 amide bonds. The monoisotopic (exact) mass is 443 g/mol. The number of carbonyl (C=O) groups excluding carboxylic acids is 1. The predicted molar refractivity (Wildman–Crippen MR) is 101 cm³/mol. The predicted octanol–water partition coefficient (Wildman–Crippen LogP) is 2.72. The number of ether oxygens (including phenoxy) is 1. The SMILES string of the molecule is Cc1cc(S(=O)(=O)N2CCOc3ncc(C(=O)N4CC(F)(F)C4)cc32)ccc1Cl. The number of aryl methyl sites for hydroxylation is 1. The lowest BCUT2D eigenvalue weighted by Crippen LogP contribution is -2.58. The molecule has 0 spiro atoms. The number of anilines is 1. The molecule has 1 saturated heterocycles. The van der Waals surface area contributed by atoms with E-state index in [1.807, 2.05) is 0 Å². The molecule has 0 N–H and O–H groups in total. The van der Waals surface area contributed by atoms with E-state index in [4.69, 9.17) is 16.3 Å². The summed E-state index contributed by atoms with van der Waals surface area (Å²) in [5, 5.41) is 0.437. The minimum Gasteiger partial charge on any atom is -0.474 e. The molecule has 1 fully saturated rings. The fraction of sp³-hybridized carbons (Fsp3) is 0.333. The molecule has 0 aliphatic carbocycles. The zero-order valence-corrected chi connectivity index (χ0v) is 16.8. The second-order valence-corrected chi connectivity index (χ2v) is 9.17. The molecule has 0 bridgehead atoms. The molecular formula is C18H16ClF2N3O4S. The van der Waals surface area contributed by atoms with E-state index in [2.05, 4.69) is 4.98 Å². The van der Waals surface area contributed by atoms with E-state index in [1.54, 1.807) is 6.92 Å². The number of benzene rings is 1. The Morgan fingerprint density at radius 3 is 2.66 bits per heavy atom. The van der Waals surface area contributed by atoms with Gasteiger partial charge in [0, 0.05) is 11.2 Å². The molecule has 154 valence electrons. The summed E-state index contributed by atoms with van der Waals surface area (Å²) in [6.07, 6.45) is 1.19. The highest BCUT2D eigenvalue weighted by atomic mass is 35.5. The first kappa shape index (κ1) is 19.8. The lowest BCUT2D eigenvalue weighted by molar-refractivity contribution is -0.113. The molecular weight excluding hydrogens is 428 g/mol. The third-order valence-corrected chi connectivity index (χ3v) is 6.96. The highest BCUT2D eigenvalue weighted by Crippen LogP contribution is 2.36. The van der Waals surface area contributed by atoms with Gasteiger partial charge in [-0.05, 0) is 36.8 Å². The van der Waals surface area contributed by atoms with Crippen molar-refractivity contribution in [2.75, 3.05) is 30.5 Å². The van der Waals surface area contributed by atoms with Crippen molar-refractivity contribution in [3.05, 3.63) is 46.6 Å². The van der Waals surface area contributed by atoms with Crippen LogP contribution in [0.25, 0.3) is 0 Å². The van der Waals surface area contributed by atoms with Crippen molar-refractivity contribution in [2.24, 2.45) is 0 Å². The summed E-state index contributed by atoms with van der Waals surface area (Å²) in [5.74, 6) is -3.49. The molecule has 0 radical (unpaired) electrons. The molecule has 2 aromatic rings. The molecule has 29 heavy (non-hydrogen) atoms. The van der Waals surface area contributed by atoms with Crippen LogP contribution in [-0.2, 0) is 10.0 Å². The second kappa shape index (κ2) is 6.81. The zero-order chi connectivity index (χ0) is 21.0. The van der Waals surface area contributed by atoms with E-state index in [0.717, 1.165) is 9.21 Å². The Hall–Kier alpha value is -2.46. The van der Waals surface area contributed by atoms with Crippen molar-refractivity contribution in [2.45, 2.75) is 17.7 Å². The Labute approximate surface area is 170 Å². The number of hydrogen-bond donors (Lipinski definition) is 0. The Morgan fingerprint density at radius 2 is 2.00 bits per heavy atom. The van der Waals surface area contributed by atoms with Crippen LogP contribution in [0, 0.1) is 6.92 Å². The Bertz CT molecular complexity index is 1100. The number of sulfonamides is 1. The van der Waals surface area contributed by atoms with Crippen LogP contribution in [0.1, 0.15) is 15.9 Å². The summed E-state index contributed by atoms with van der Waals surface area (Å²) in [5.41, 5.74) is 0.696. The molecule has 7 nitrogen and oxygen atoms in total. The highest BCUT2D eigenvalue weighted by molar-refractivity contribution is 7.92. The summed E-state index contributed by atoms with van der Waals surface area (Å²) in [6, 6.07) is 5.65. The van der Waals surface area contributed by atoms with Crippen LogP contribution in [0.4, 0.5) is 14.5 Å². The number of rotatable bonds is 3. The number of nitrogens with zero attached hydrogens (tertiary/aromatic N) is 3. The van der Waals surface area contributed by atoms with Crippen LogP contribution in [0.2, 0.25) is 5.02 Å². The third-order valence-electron chi connectivity index (χ3n) is 4.73. The van der Waals surface area contributed by atoms with Gasteiger partial charge in [0.15, 0.2) is 0 Å². The topological polar surface area (TPSA) is 79.8 Å². The van der Waals surface area contributed by atoms with Gasteiger partial charge in [-0.2, -0.15) is 0 Å². The summed E-state index contributed by atoms with van der Waals surface area (Å²) in [6.45, 7) is 0.433. The first-order valence-corrected chi connectivity index (χ1v) is 10.5. The quantitative estimate of drug-likeness (QED) is 0.728. The van der Waals surface area contributed by atoms with Crippen LogP contribution >= 0.6 is 11.6 Å². The summed E-state index contributed by atoms with van der Waals surface area (Å²) in [4.78, 5) is 17.5. The minimum absolute atomic E-state index is 0.0113. The van der Waals surface area contributed by atoms with Crippen molar-refractivity contribution in [1.82, 2.24) is 9.88 Å². The number of halogens is 3. The maximum absolute atomic E-state index is 13.2. The largest absolute Gasteiger partial charge is 0.474 e. The highest BCUT2D eigenvalue weighted by Gasteiger charge is 2.46. The fourth-order valence-electron chi connectivity index (χ4n) is 3.19. The Balaban J connectivity index is 1.70. The molecule has 0 unspecified atom stereocenters. The molecule has 2 aliphatic rings. The molecule has 1 aromatic heterocycles. The number of amides is 1. The minimum atomic E-state index is -3.98. The lowest BCUT2D eigenvalue weighted by atomic mass is 10.1. The maximum atomic E-state index is 13.2. The van der Waals surface area contributed by atoms with Crippen LogP contribution in [-0.4, -0.2) is 56.4 Å². The molecule has 1 aromatic carbocycles. The molecule has 2 aliphatic heterocycles. The van der Waals surface area contributed by atoms with Crippen molar-refractivity contribution >= 4 is 33.2 Å². The number of carbonyl (C=O) groups is 1. The van der Waals surface area contributed by atoms with E-state index in [9.17, 15) is 22.0 Å². The first-order valence-electron chi connectivity index (χ1n) is 8.67. The van der Waals surface area contributed by atoms with E-state index in [-0.39, 0.29) is 35.2 Å². The Morgan fingerprint density at radius 1 is 1.28 bits per heavy atom. The third kappa shape index (κ3) is 3.51. The van der Waals surface area contributed by atoms with Gasteiger partial charge in [-0.15, -0.1) is 0 Å². The van der Waals surface area contributed by atoms with Crippen molar-refractivity contribution in [1.29, 1.82) is 0 Å². The number of pyridine rings is 1. The smallest absolute Gasteiger partial charge is 0.282 e. The van der Waals surface area contributed by atoms with E-state index < -0.39 is 34.9 Å². The molecule has 0 saturated carbocycles. The number of hydrogen-bond acceptors (Lipinski definition) is 5. The summed E-state index contributed by atoms with van der Waals surface area (Å²) >= 11 is 5.99. The van der Waals surface area contributed by atoms with Gasteiger partial charge in [0.05, 0.1) is 30.1 Å². The van der Waals surface area contributed by atoms with Gasteiger partial charge < -0.3 is 9.64 Å². The van der Waals surface area contributed by atoms with Gasteiger partial charge in [0.1, 0.15) is 12.3 Å². The standard InChI is InChI=1S/C18H16ClF2N3O4S/c1-11-6-13(2-3-14(11)19)29(26,27)24-4-5-28-16-15(24)7-12(8-22-16)17(25)23-9-18(20,21)10-23/h2-3,6-8H,4-5,9-10H2,1H3. The van der Waals surface area contributed by atoms with E-state index in [1.165, 1.54) is 30.5 Å². The van der Waals surface area contributed by atoms with Crippen molar-refractivity contribution in [3.8, 4) is 5.88 Å². The van der Waals surface area contributed by atoms with E-state index >= 15 is 0 Å². The summed E-state index contributed by atoms with van der Waals surface area (Å²) in [7, 11) is -3.98. The molecule has 3 heterocycles. The van der Waals surface area contributed by atoms with E-state index in [0.29, 0.717) is 10.6 Å². The maximum Gasteiger partial charge on any atom is 0.282 e. The second-order valence-electron chi connectivity index (χ2n) is 6.90. The van der Waals surface area contributed by atoms with Crippen LogP contribution in [0.15, 0.2) is 35.4 Å². The normalized spacial score (nSPS) is 17.9. The van der Waals surface area contributed by atoms with Crippen LogP contribution < -0.4 is 9.04 Å². The van der Waals surface area contributed by atoms with Crippen LogP contribution in [0.5, 0.6) is 5.88 Å². The van der Waals surface area contributed by atoms with Gasteiger partial charge in [0.25, 0.3) is 21.9 Å². The molecule has 11 heteroatoms. The first-order chi connectivity index (χ1) is 13.6. The van der Waals surface area contributed by atoms with Gasteiger partial charge in [-0.3, -0.25) is 9.10 Å². The van der Waals surface area contributed by atoms with Crippen LogP contribution in [0.3, 0.4) is 0 Å². The number of aromatic nitrogens is 1. The van der Waals surface area contributed by atoms with Gasteiger partial charge in [-0.1, -0.05) is 11.6 Å².